The lowest BCUT2D eigenvalue weighted by Crippen LogP contribution is -2.19. The van der Waals surface area contributed by atoms with E-state index in [0.29, 0.717) is 11.3 Å². The third-order valence-corrected chi connectivity index (χ3v) is 3.44. The Balaban J connectivity index is 2.19. The highest BCUT2D eigenvalue weighted by atomic mass is 32.2. The van der Waals surface area contributed by atoms with Gasteiger partial charge in [0, 0.05) is 18.7 Å². The van der Waals surface area contributed by atoms with Crippen LogP contribution >= 0.6 is 11.8 Å². The molecule has 0 N–H and O–H groups in total. The van der Waals surface area contributed by atoms with E-state index in [1.807, 2.05) is 18.2 Å². The zero-order valence-corrected chi connectivity index (χ0v) is 9.66. The number of thioether (sulfide) groups is 1. The van der Waals surface area contributed by atoms with Gasteiger partial charge in [-0.25, -0.2) is 0 Å². The molecule has 1 amide bonds. The lowest BCUT2D eigenvalue weighted by atomic mass is 10.1. The Morgan fingerprint density at radius 1 is 1.38 bits per heavy atom. The predicted octanol–water partition coefficient (Wildman–Crippen LogP) is 1.92. The Kier molecular flexibility index (Phi) is 3.10. The van der Waals surface area contributed by atoms with E-state index in [-0.39, 0.29) is 11.7 Å². The minimum absolute atomic E-state index is 0.0390. The van der Waals surface area contributed by atoms with E-state index in [2.05, 4.69) is 0 Å². The minimum Gasteiger partial charge on any atom is -0.309 e. The summed E-state index contributed by atoms with van der Waals surface area (Å²) in [6, 6.07) is 9.04. The molecule has 1 heterocycles. The fourth-order valence-electron chi connectivity index (χ4n) is 1.39. The van der Waals surface area contributed by atoms with Gasteiger partial charge in [0.2, 0.25) is 5.91 Å². The molecule has 82 valence electrons. The first-order valence-electron chi connectivity index (χ1n) is 4.89. The molecule has 1 aromatic rings. The molecule has 1 fully saturated rings. The van der Waals surface area contributed by atoms with Crippen molar-refractivity contribution in [3.63, 3.8) is 0 Å². The maximum atomic E-state index is 11.8. The summed E-state index contributed by atoms with van der Waals surface area (Å²) in [5, 5.41) is 0.721. The average Bonchev–Trinajstić information content (AvgIpc) is 2.62. The number of carbonyl (C=O) groups is 2. The van der Waals surface area contributed by atoms with Crippen LogP contribution < -0.4 is 0 Å². The largest absolute Gasteiger partial charge is 0.309 e. The fourth-order valence-corrected chi connectivity index (χ4v) is 2.34. The molecule has 1 aromatic carbocycles. The second-order valence-corrected chi connectivity index (χ2v) is 4.45. The van der Waals surface area contributed by atoms with Crippen molar-refractivity contribution in [2.75, 3.05) is 12.8 Å². The van der Waals surface area contributed by atoms with Gasteiger partial charge in [0.25, 0.3) is 0 Å². The summed E-state index contributed by atoms with van der Waals surface area (Å²) in [4.78, 5) is 24.6. The second kappa shape index (κ2) is 4.53. The van der Waals surface area contributed by atoms with Crippen molar-refractivity contribution < 1.29 is 9.59 Å². The van der Waals surface area contributed by atoms with Crippen LogP contribution in [-0.2, 0) is 4.79 Å². The van der Waals surface area contributed by atoms with Gasteiger partial charge >= 0.3 is 0 Å². The number of hydrogen-bond acceptors (Lipinski definition) is 3. The number of hydrogen-bond donors (Lipinski definition) is 0. The monoisotopic (exact) mass is 233 g/mol. The zero-order chi connectivity index (χ0) is 11.5. The Labute approximate surface area is 98.1 Å². The predicted molar refractivity (Wildman–Crippen MR) is 64.1 cm³/mol. The first kappa shape index (κ1) is 11.0. The van der Waals surface area contributed by atoms with E-state index in [4.69, 9.17) is 0 Å². The van der Waals surface area contributed by atoms with Crippen molar-refractivity contribution in [3.05, 3.63) is 47.0 Å². The molecule has 0 aromatic heterocycles. The van der Waals surface area contributed by atoms with Crippen molar-refractivity contribution in [2.45, 2.75) is 0 Å². The zero-order valence-electron chi connectivity index (χ0n) is 8.84. The molecule has 4 heteroatoms. The van der Waals surface area contributed by atoms with Gasteiger partial charge in [0.05, 0.1) is 10.8 Å². The lowest BCUT2D eigenvalue weighted by Gasteiger charge is -2.08. The summed E-state index contributed by atoms with van der Waals surface area (Å²) >= 11 is 1.40. The third-order valence-electron chi connectivity index (χ3n) is 2.36. The summed E-state index contributed by atoms with van der Waals surface area (Å²) in [5.41, 5.74) is 0.642. The summed E-state index contributed by atoms with van der Waals surface area (Å²) in [6.45, 7) is 0. The number of benzene rings is 1. The van der Waals surface area contributed by atoms with Crippen LogP contribution in [0.5, 0.6) is 0 Å². The van der Waals surface area contributed by atoms with E-state index in [1.54, 1.807) is 19.2 Å². The Morgan fingerprint density at radius 3 is 2.62 bits per heavy atom. The van der Waals surface area contributed by atoms with E-state index in [9.17, 15) is 9.59 Å². The van der Waals surface area contributed by atoms with Crippen molar-refractivity contribution in [2.24, 2.45) is 0 Å². The Bertz CT molecular complexity index is 453. The molecule has 1 aliphatic rings. The molecule has 1 aliphatic heterocycles. The second-order valence-electron chi connectivity index (χ2n) is 3.45. The molecule has 0 bridgehead atoms. The van der Waals surface area contributed by atoms with Crippen LogP contribution in [-0.4, -0.2) is 29.4 Å². The highest BCUT2D eigenvalue weighted by Gasteiger charge is 2.23. The summed E-state index contributed by atoms with van der Waals surface area (Å²) in [6.07, 6.45) is 1.52. The Hall–Kier alpha value is -1.55. The Morgan fingerprint density at radius 2 is 2.06 bits per heavy atom. The quantitative estimate of drug-likeness (QED) is 0.578. The molecule has 0 radical (unpaired) electrons. The molecular formula is C12H11NO2S. The van der Waals surface area contributed by atoms with Gasteiger partial charge < -0.3 is 4.90 Å². The van der Waals surface area contributed by atoms with Gasteiger partial charge in [0.1, 0.15) is 0 Å². The number of nitrogens with zero attached hydrogens (tertiary/aromatic N) is 1. The summed E-state index contributed by atoms with van der Waals surface area (Å²) < 4.78 is 0. The maximum Gasteiger partial charge on any atom is 0.237 e. The number of ketones is 1. The average molecular weight is 233 g/mol. The molecule has 0 spiro atoms. The summed E-state index contributed by atoms with van der Waals surface area (Å²) in [7, 11) is 1.69. The first-order valence-corrected chi connectivity index (χ1v) is 5.87. The van der Waals surface area contributed by atoms with Crippen LogP contribution in [0.1, 0.15) is 10.4 Å². The molecule has 0 unspecified atom stereocenters. The lowest BCUT2D eigenvalue weighted by molar-refractivity contribution is -0.124. The van der Waals surface area contributed by atoms with Crippen LogP contribution in [0.25, 0.3) is 0 Å². The minimum atomic E-state index is -0.0651. The van der Waals surface area contributed by atoms with Crippen LogP contribution in [0.15, 0.2) is 41.4 Å². The van der Waals surface area contributed by atoms with Gasteiger partial charge in [0.15, 0.2) is 5.78 Å². The fraction of sp³-hybridized carbons (Fsp3) is 0.167. The molecule has 3 nitrogen and oxygen atoms in total. The molecule has 1 saturated heterocycles. The SMILES string of the molecule is CN1C(=O)CS/C1=C/C(=O)c1ccccc1. The van der Waals surface area contributed by atoms with E-state index in [1.165, 1.54) is 22.7 Å². The third kappa shape index (κ3) is 2.17. The normalized spacial score (nSPS) is 18.2. The molecule has 0 aliphatic carbocycles. The van der Waals surface area contributed by atoms with Gasteiger partial charge in [-0.1, -0.05) is 42.1 Å². The van der Waals surface area contributed by atoms with Gasteiger partial charge in [-0.2, -0.15) is 0 Å². The molecule has 2 rings (SSSR count). The topological polar surface area (TPSA) is 37.4 Å². The number of carbonyl (C=O) groups excluding carboxylic acids is 2. The van der Waals surface area contributed by atoms with Gasteiger partial charge in [-0.15, -0.1) is 0 Å². The van der Waals surface area contributed by atoms with Gasteiger partial charge in [-0.3, -0.25) is 9.59 Å². The van der Waals surface area contributed by atoms with Crippen LogP contribution in [0.3, 0.4) is 0 Å². The van der Waals surface area contributed by atoms with Crippen LogP contribution in [0.2, 0.25) is 0 Å². The number of rotatable bonds is 2. The highest BCUT2D eigenvalue weighted by Crippen LogP contribution is 2.27. The van der Waals surface area contributed by atoms with E-state index in [0.717, 1.165) is 5.03 Å². The van der Waals surface area contributed by atoms with Crippen molar-refractivity contribution >= 4 is 23.5 Å². The maximum absolute atomic E-state index is 11.8. The number of allylic oxidation sites excluding steroid dienone is 1. The molecule has 0 atom stereocenters. The van der Waals surface area contributed by atoms with E-state index < -0.39 is 0 Å². The van der Waals surface area contributed by atoms with Crippen LogP contribution in [0, 0.1) is 0 Å². The van der Waals surface area contributed by atoms with E-state index >= 15 is 0 Å². The molecular weight excluding hydrogens is 222 g/mol. The smallest absolute Gasteiger partial charge is 0.237 e. The van der Waals surface area contributed by atoms with Crippen molar-refractivity contribution in [1.82, 2.24) is 4.90 Å². The van der Waals surface area contributed by atoms with Gasteiger partial charge in [-0.05, 0) is 0 Å². The molecule has 0 saturated carbocycles. The van der Waals surface area contributed by atoms with Crippen molar-refractivity contribution in [1.29, 1.82) is 0 Å². The van der Waals surface area contributed by atoms with Crippen molar-refractivity contribution in [3.8, 4) is 0 Å². The standard InChI is InChI=1S/C12H11NO2S/c1-13-11(15)8-16-12(13)7-10(14)9-5-3-2-4-6-9/h2-7H,8H2,1H3/b12-7+. The summed E-state index contributed by atoms with van der Waals surface area (Å²) in [5.74, 6) is 0.395. The van der Waals surface area contributed by atoms with Crippen LogP contribution in [0.4, 0.5) is 0 Å². The number of amides is 1. The highest BCUT2D eigenvalue weighted by molar-refractivity contribution is 8.04. The molecule has 16 heavy (non-hydrogen) atoms. The first-order chi connectivity index (χ1) is 7.68.